The predicted molar refractivity (Wildman–Crippen MR) is 107 cm³/mol. The number of methoxy groups -OCH3 is 1. The molecule has 1 aliphatic carbocycles. The Kier molecular flexibility index (Phi) is 4.90. The zero-order valence-electron chi connectivity index (χ0n) is 15.5. The fraction of sp³-hybridized carbons (Fsp3) is 0.476. The molecule has 138 valence electrons. The number of carbonyl (C=O) groups excluding carboxylic acids is 1. The van der Waals surface area contributed by atoms with Gasteiger partial charge in [-0.15, -0.1) is 11.3 Å². The molecule has 1 aliphatic heterocycles. The van der Waals surface area contributed by atoms with E-state index in [0.717, 1.165) is 61.3 Å². The summed E-state index contributed by atoms with van der Waals surface area (Å²) in [5, 5.41) is 0. The van der Waals surface area contributed by atoms with Crippen LogP contribution in [0.15, 0.2) is 30.3 Å². The molecule has 4 nitrogen and oxygen atoms in total. The van der Waals surface area contributed by atoms with Crippen LogP contribution in [0, 0.1) is 5.92 Å². The third-order valence-corrected chi connectivity index (χ3v) is 6.75. The molecule has 0 bridgehead atoms. The highest BCUT2D eigenvalue weighted by molar-refractivity contribution is 7.14. The summed E-state index contributed by atoms with van der Waals surface area (Å²) in [6, 6.07) is 10.3. The van der Waals surface area contributed by atoms with Crippen LogP contribution in [0.4, 0.5) is 5.69 Å². The van der Waals surface area contributed by atoms with Crippen LogP contribution in [0.2, 0.25) is 0 Å². The summed E-state index contributed by atoms with van der Waals surface area (Å²) in [6.45, 7) is 5.58. The van der Waals surface area contributed by atoms with E-state index in [0.29, 0.717) is 0 Å². The maximum absolute atomic E-state index is 12.9. The highest BCUT2D eigenvalue weighted by atomic mass is 32.1. The monoisotopic (exact) mass is 370 g/mol. The van der Waals surface area contributed by atoms with Crippen molar-refractivity contribution in [1.29, 1.82) is 0 Å². The number of hydrogen-bond donors (Lipinski definition) is 0. The fourth-order valence-corrected chi connectivity index (χ4v) is 5.12. The fourth-order valence-electron chi connectivity index (χ4n) is 3.94. The number of ether oxygens (including phenoxy) is 1. The Morgan fingerprint density at radius 3 is 2.77 bits per heavy atom. The lowest BCUT2D eigenvalue weighted by molar-refractivity contribution is 0.0751. The van der Waals surface area contributed by atoms with Gasteiger partial charge in [-0.2, -0.15) is 0 Å². The van der Waals surface area contributed by atoms with E-state index in [9.17, 15) is 4.79 Å². The largest absolute Gasteiger partial charge is 0.497 e. The summed E-state index contributed by atoms with van der Waals surface area (Å²) < 4.78 is 5.32. The summed E-state index contributed by atoms with van der Waals surface area (Å²) >= 11 is 1.72. The molecule has 1 amide bonds. The first-order valence-electron chi connectivity index (χ1n) is 9.44. The molecule has 0 radical (unpaired) electrons. The number of benzene rings is 1. The van der Waals surface area contributed by atoms with Crippen molar-refractivity contribution in [2.45, 2.75) is 26.2 Å². The lowest BCUT2D eigenvalue weighted by Crippen LogP contribution is -2.48. The predicted octanol–water partition coefficient (Wildman–Crippen LogP) is 3.84. The van der Waals surface area contributed by atoms with Crippen molar-refractivity contribution in [3.63, 3.8) is 0 Å². The van der Waals surface area contributed by atoms with Crippen molar-refractivity contribution in [3.8, 4) is 5.75 Å². The summed E-state index contributed by atoms with van der Waals surface area (Å²) in [7, 11) is 1.69. The average molecular weight is 371 g/mol. The number of thiophene rings is 1. The Morgan fingerprint density at radius 1 is 1.19 bits per heavy atom. The van der Waals surface area contributed by atoms with Crippen molar-refractivity contribution in [3.05, 3.63) is 45.6 Å². The first kappa shape index (κ1) is 17.4. The Labute approximate surface area is 159 Å². The van der Waals surface area contributed by atoms with E-state index < -0.39 is 0 Å². The molecule has 5 heteroatoms. The Balaban J connectivity index is 1.41. The van der Waals surface area contributed by atoms with Gasteiger partial charge in [0.2, 0.25) is 0 Å². The topological polar surface area (TPSA) is 32.8 Å². The van der Waals surface area contributed by atoms with Crippen LogP contribution in [0.3, 0.4) is 0 Å². The SMILES string of the molecule is COc1cccc(N2CCN(C(=O)c3cc4c(s3)CC[C@@H](C)C4)CC2)c1. The average Bonchev–Trinajstić information content (AvgIpc) is 3.10. The minimum absolute atomic E-state index is 0.211. The summed E-state index contributed by atoms with van der Waals surface area (Å²) in [6.07, 6.45) is 3.52. The molecule has 2 aliphatic rings. The minimum Gasteiger partial charge on any atom is -0.497 e. The number of hydrogen-bond acceptors (Lipinski definition) is 4. The number of nitrogens with zero attached hydrogens (tertiary/aromatic N) is 2. The molecular formula is C21H26N2O2S. The molecule has 26 heavy (non-hydrogen) atoms. The molecule has 1 aromatic heterocycles. The number of fused-ring (bicyclic) bond motifs is 1. The van der Waals surface area contributed by atoms with Gasteiger partial charge in [0, 0.05) is 42.8 Å². The molecule has 2 aromatic rings. The van der Waals surface area contributed by atoms with E-state index in [1.54, 1.807) is 18.4 Å². The van der Waals surface area contributed by atoms with Crippen molar-refractivity contribution >= 4 is 22.9 Å². The molecule has 1 saturated heterocycles. The zero-order valence-corrected chi connectivity index (χ0v) is 16.3. The Morgan fingerprint density at radius 2 is 2.00 bits per heavy atom. The smallest absolute Gasteiger partial charge is 0.264 e. The minimum atomic E-state index is 0.211. The standard InChI is InChI=1S/C21H26N2O2S/c1-15-6-7-19-16(12-15)13-20(26-19)21(24)23-10-8-22(9-11-23)17-4-3-5-18(14-17)25-2/h3-5,13-15H,6-12H2,1-2H3/t15-/m1/s1. The van der Waals surface area contributed by atoms with E-state index in [2.05, 4.69) is 30.0 Å². The van der Waals surface area contributed by atoms with E-state index in [1.165, 1.54) is 16.9 Å². The molecule has 1 fully saturated rings. The number of rotatable bonds is 3. The van der Waals surface area contributed by atoms with Crippen LogP contribution in [-0.4, -0.2) is 44.1 Å². The van der Waals surface area contributed by atoms with E-state index in [-0.39, 0.29) is 5.91 Å². The van der Waals surface area contributed by atoms with Gasteiger partial charge >= 0.3 is 0 Å². The van der Waals surface area contributed by atoms with Crippen molar-refractivity contribution < 1.29 is 9.53 Å². The van der Waals surface area contributed by atoms with Crippen molar-refractivity contribution in [2.24, 2.45) is 5.92 Å². The van der Waals surface area contributed by atoms with E-state index in [4.69, 9.17) is 4.74 Å². The van der Waals surface area contributed by atoms with Crippen molar-refractivity contribution in [1.82, 2.24) is 4.90 Å². The molecule has 0 unspecified atom stereocenters. The number of amides is 1. The maximum Gasteiger partial charge on any atom is 0.264 e. The molecule has 2 heterocycles. The van der Waals surface area contributed by atoms with Crippen LogP contribution in [0.25, 0.3) is 0 Å². The van der Waals surface area contributed by atoms with Gasteiger partial charge in [-0.25, -0.2) is 0 Å². The third kappa shape index (κ3) is 3.45. The normalized spacial score (nSPS) is 20.0. The molecule has 1 atom stereocenters. The van der Waals surface area contributed by atoms with Gasteiger partial charge in [-0.3, -0.25) is 4.79 Å². The first-order valence-corrected chi connectivity index (χ1v) is 10.3. The number of piperazine rings is 1. The Hall–Kier alpha value is -2.01. The summed E-state index contributed by atoms with van der Waals surface area (Å²) in [5.74, 6) is 1.83. The van der Waals surface area contributed by atoms with Gasteiger partial charge in [0.15, 0.2) is 0 Å². The number of anilines is 1. The van der Waals surface area contributed by atoms with Crippen LogP contribution in [-0.2, 0) is 12.8 Å². The summed E-state index contributed by atoms with van der Waals surface area (Å²) in [5.41, 5.74) is 2.57. The Bertz CT molecular complexity index is 793. The summed E-state index contributed by atoms with van der Waals surface area (Å²) in [4.78, 5) is 19.6. The first-order chi connectivity index (χ1) is 12.6. The van der Waals surface area contributed by atoms with E-state index in [1.807, 2.05) is 17.0 Å². The highest BCUT2D eigenvalue weighted by Gasteiger charge is 2.26. The number of aryl methyl sites for hydroxylation is 1. The second-order valence-electron chi connectivity index (χ2n) is 7.39. The van der Waals surface area contributed by atoms with Gasteiger partial charge < -0.3 is 14.5 Å². The molecule has 1 aromatic carbocycles. The molecular weight excluding hydrogens is 344 g/mol. The van der Waals surface area contributed by atoms with Gasteiger partial charge in [0.25, 0.3) is 5.91 Å². The van der Waals surface area contributed by atoms with Crippen LogP contribution < -0.4 is 9.64 Å². The lowest BCUT2D eigenvalue weighted by atomic mass is 9.90. The molecule has 0 saturated carbocycles. The van der Waals surface area contributed by atoms with Crippen LogP contribution in [0.1, 0.15) is 33.5 Å². The van der Waals surface area contributed by atoms with Gasteiger partial charge in [0.05, 0.1) is 12.0 Å². The molecule has 4 rings (SSSR count). The highest BCUT2D eigenvalue weighted by Crippen LogP contribution is 2.33. The molecule has 0 N–H and O–H groups in total. The maximum atomic E-state index is 12.9. The van der Waals surface area contributed by atoms with Gasteiger partial charge in [-0.05, 0) is 48.9 Å². The van der Waals surface area contributed by atoms with Gasteiger partial charge in [0.1, 0.15) is 5.75 Å². The lowest BCUT2D eigenvalue weighted by Gasteiger charge is -2.36. The van der Waals surface area contributed by atoms with E-state index >= 15 is 0 Å². The van der Waals surface area contributed by atoms with Crippen molar-refractivity contribution in [2.75, 3.05) is 38.2 Å². The van der Waals surface area contributed by atoms with Gasteiger partial charge in [-0.1, -0.05) is 13.0 Å². The number of carbonyl (C=O) groups is 1. The second-order valence-corrected chi connectivity index (χ2v) is 8.52. The van der Waals surface area contributed by atoms with Crippen LogP contribution >= 0.6 is 11.3 Å². The molecule has 0 spiro atoms. The third-order valence-electron chi connectivity index (χ3n) is 5.53. The zero-order chi connectivity index (χ0) is 18.1. The second kappa shape index (κ2) is 7.31. The van der Waals surface area contributed by atoms with Crippen LogP contribution in [0.5, 0.6) is 5.75 Å². The quantitative estimate of drug-likeness (QED) is 0.823.